The predicted molar refractivity (Wildman–Crippen MR) is 40.3 cm³/mol. The molecule has 0 saturated carbocycles. The molecule has 0 saturated heterocycles. The Labute approximate surface area is 61.9 Å². The lowest BCUT2D eigenvalue weighted by Crippen LogP contribution is -2.11. The van der Waals surface area contributed by atoms with Gasteiger partial charge in [0.25, 0.3) is 0 Å². The predicted octanol–water partition coefficient (Wildman–Crippen LogP) is 1.72. The molecule has 0 aromatic heterocycles. The van der Waals surface area contributed by atoms with Crippen LogP contribution in [0.4, 0.5) is 0 Å². The molecule has 0 atom stereocenters. The van der Waals surface area contributed by atoms with Crippen LogP contribution in [0.25, 0.3) is 0 Å². The summed E-state index contributed by atoms with van der Waals surface area (Å²) >= 11 is 0. The van der Waals surface area contributed by atoms with Crippen LogP contribution < -0.4 is 0 Å². The number of hydrogen-bond acceptors (Lipinski definition) is 2. The summed E-state index contributed by atoms with van der Waals surface area (Å²) in [7, 11) is 0. The highest BCUT2D eigenvalue weighted by atomic mass is 16.5. The number of carbonyl (C=O) groups excluding carboxylic acids is 1. The molecule has 0 fully saturated rings. The van der Waals surface area contributed by atoms with Crippen molar-refractivity contribution < 1.29 is 9.53 Å². The second kappa shape index (κ2) is 4.09. The minimum atomic E-state index is -0.336. The Bertz CT molecular complexity index is 145. The summed E-state index contributed by atoms with van der Waals surface area (Å²) in [4.78, 5) is 10.8. The minimum Gasteiger partial charge on any atom is -0.460 e. The molecular formula is C8H13O2. The van der Waals surface area contributed by atoms with Crippen molar-refractivity contribution in [1.29, 1.82) is 0 Å². The number of rotatable bonds is 2. The quantitative estimate of drug-likeness (QED) is 0.432. The summed E-state index contributed by atoms with van der Waals surface area (Å²) in [6, 6.07) is 0. The Morgan fingerprint density at radius 2 is 2.10 bits per heavy atom. The monoisotopic (exact) mass is 141 g/mol. The van der Waals surface area contributed by atoms with Gasteiger partial charge < -0.3 is 4.74 Å². The third kappa shape index (κ3) is 3.28. The van der Waals surface area contributed by atoms with Crippen molar-refractivity contribution in [2.24, 2.45) is 0 Å². The van der Waals surface area contributed by atoms with E-state index in [1.807, 2.05) is 0 Å². The maximum absolute atomic E-state index is 10.8. The van der Waals surface area contributed by atoms with E-state index in [-0.39, 0.29) is 12.1 Å². The van der Waals surface area contributed by atoms with Gasteiger partial charge in [0.05, 0.1) is 6.10 Å². The van der Waals surface area contributed by atoms with E-state index in [4.69, 9.17) is 4.74 Å². The molecule has 0 aliphatic rings. The zero-order valence-electron chi connectivity index (χ0n) is 6.68. The number of esters is 1. The Hall–Kier alpha value is -0.790. The maximum Gasteiger partial charge on any atom is 0.333 e. The van der Waals surface area contributed by atoms with Gasteiger partial charge in [-0.2, -0.15) is 0 Å². The van der Waals surface area contributed by atoms with Crippen LogP contribution in [0.3, 0.4) is 0 Å². The van der Waals surface area contributed by atoms with Crippen LogP contribution in [-0.4, -0.2) is 12.1 Å². The molecule has 57 valence electrons. The van der Waals surface area contributed by atoms with Crippen molar-refractivity contribution >= 4 is 5.97 Å². The summed E-state index contributed by atoms with van der Waals surface area (Å²) in [5.41, 5.74) is 0.411. The smallest absolute Gasteiger partial charge is 0.333 e. The molecular weight excluding hydrogens is 128 g/mol. The first-order valence-corrected chi connectivity index (χ1v) is 3.27. The van der Waals surface area contributed by atoms with Crippen molar-refractivity contribution in [2.45, 2.75) is 26.9 Å². The van der Waals surface area contributed by atoms with E-state index in [2.05, 4.69) is 6.92 Å². The summed E-state index contributed by atoms with van der Waals surface area (Å²) < 4.78 is 4.83. The van der Waals surface area contributed by atoms with Gasteiger partial charge in [0, 0.05) is 5.57 Å². The molecule has 0 aromatic carbocycles. The Morgan fingerprint density at radius 1 is 1.60 bits per heavy atom. The second-order valence-electron chi connectivity index (χ2n) is 2.27. The zero-order chi connectivity index (χ0) is 8.15. The topological polar surface area (TPSA) is 26.3 Å². The van der Waals surface area contributed by atoms with Crippen molar-refractivity contribution in [3.63, 3.8) is 0 Å². The highest BCUT2D eigenvalue weighted by molar-refractivity contribution is 5.89. The summed E-state index contributed by atoms with van der Waals surface area (Å²) in [6.07, 6.45) is 1.56. The van der Waals surface area contributed by atoms with Gasteiger partial charge in [-0.15, -0.1) is 0 Å². The summed E-state index contributed by atoms with van der Waals surface area (Å²) in [6.45, 7) is 8.86. The molecule has 0 amide bonds. The van der Waals surface area contributed by atoms with E-state index in [0.29, 0.717) is 5.57 Å². The molecule has 0 spiro atoms. The molecule has 0 N–H and O–H groups in total. The number of carbonyl (C=O) groups is 1. The Balaban J connectivity index is 3.86. The molecule has 1 radical (unpaired) electrons. The first-order valence-electron chi connectivity index (χ1n) is 3.27. The van der Waals surface area contributed by atoms with Gasteiger partial charge in [-0.05, 0) is 27.7 Å². The molecule has 2 nitrogen and oxygen atoms in total. The van der Waals surface area contributed by atoms with Crippen molar-refractivity contribution in [2.75, 3.05) is 0 Å². The van der Waals surface area contributed by atoms with Crippen LogP contribution in [0, 0.1) is 6.92 Å². The largest absolute Gasteiger partial charge is 0.460 e. The van der Waals surface area contributed by atoms with E-state index in [9.17, 15) is 4.79 Å². The van der Waals surface area contributed by atoms with Gasteiger partial charge in [-0.25, -0.2) is 4.79 Å². The molecule has 0 heterocycles. The van der Waals surface area contributed by atoms with E-state index < -0.39 is 0 Å². The number of hydrogen-bond donors (Lipinski definition) is 0. The van der Waals surface area contributed by atoms with Crippen LogP contribution in [-0.2, 0) is 9.53 Å². The normalized spacial score (nSPS) is 11.9. The van der Waals surface area contributed by atoms with Gasteiger partial charge in [0.15, 0.2) is 0 Å². The van der Waals surface area contributed by atoms with E-state index in [1.54, 1.807) is 26.8 Å². The molecule has 0 bridgehead atoms. The first-order chi connectivity index (χ1) is 4.57. The Kier molecular flexibility index (Phi) is 3.77. The van der Waals surface area contributed by atoms with E-state index >= 15 is 0 Å². The lowest BCUT2D eigenvalue weighted by Gasteiger charge is -2.06. The van der Waals surface area contributed by atoms with Crippen LogP contribution in [0.15, 0.2) is 11.6 Å². The van der Waals surface area contributed by atoms with Gasteiger partial charge in [0.2, 0.25) is 0 Å². The Morgan fingerprint density at radius 3 is 2.40 bits per heavy atom. The van der Waals surface area contributed by atoms with E-state index in [1.165, 1.54) is 0 Å². The highest BCUT2D eigenvalue weighted by Crippen LogP contribution is 1.98. The third-order valence-corrected chi connectivity index (χ3v) is 0.953. The molecule has 0 aliphatic carbocycles. The average molecular weight is 141 g/mol. The van der Waals surface area contributed by atoms with Crippen molar-refractivity contribution in [3.8, 4) is 0 Å². The number of ether oxygens (including phenoxy) is 1. The number of allylic oxidation sites excluding steroid dienone is 1. The molecule has 0 rings (SSSR count). The van der Waals surface area contributed by atoms with Crippen molar-refractivity contribution in [3.05, 3.63) is 18.6 Å². The first kappa shape index (κ1) is 9.21. The second-order valence-corrected chi connectivity index (χ2v) is 2.27. The van der Waals surface area contributed by atoms with Crippen LogP contribution in [0.2, 0.25) is 0 Å². The fourth-order valence-electron chi connectivity index (χ4n) is 0.408. The fourth-order valence-corrected chi connectivity index (χ4v) is 0.408. The van der Waals surface area contributed by atoms with Crippen LogP contribution >= 0.6 is 0 Å². The zero-order valence-corrected chi connectivity index (χ0v) is 6.68. The summed E-state index contributed by atoms with van der Waals surface area (Å²) in [5, 5.41) is 0. The fraction of sp³-hybridized carbons (Fsp3) is 0.500. The third-order valence-electron chi connectivity index (χ3n) is 0.953. The van der Waals surface area contributed by atoms with Gasteiger partial charge in [-0.1, -0.05) is 6.08 Å². The van der Waals surface area contributed by atoms with Gasteiger partial charge in [-0.3, -0.25) is 0 Å². The standard InChI is InChI=1S/C8H13O2/c1-5-7(4)8(9)10-6(2)3/h5-6H,4H2,1-3H3/b7-5+. The molecule has 10 heavy (non-hydrogen) atoms. The van der Waals surface area contributed by atoms with Gasteiger partial charge in [0.1, 0.15) is 0 Å². The van der Waals surface area contributed by atoms with Crippen LogP contribution in [0.1, 0.15) is 20.8 Å². The average Bonchev–Trinajstić information content (AvgIpc) is 1.85. The molecule has 0 unspecified atom stereocenters. The van der Waals surface area contributed by atoms with Gasteiger partial charge >= 0.3 is 5.97 Å². The maximum atomic E-state index is 10.8. The van der Waals surface area contributed by atoms with E-state index in [0.717, 1.165) is 0 Å². The molecule has 2 heteroatoms. The SMILES string of the molecule is [CH2]/C(=C\C)C(=O)OC(C)C. The lowest BCUT2D eigenvalue weighted by atomic mass is 10.3. The van der Waals surface area contributed by atoms with Crippen LogP contribution in [0.5, 0.6) is 0 Å². The highest BCUT2D eigenvalue weighted by Gasteiger charge is 2.05. The summed E-state index contributed by atoms with van der Waals surface area (Å²) in [5.74, 6) is -0.336. The lowest BCUT2D eigenvalue weighted by molar-refractivity contribution is -0.142. The van der Waals surface area contributed by atoms with Crippen molar-refractivity contribution in [1.82, 2.24) is 0 Å². The minimum absolute atomic E-state index is 0.0656. The molecule has 0 aromatic rings. The molecule has 0 aliphatic heterocycles.